The predicted molar refractivity (Wildman–Crippen MR) is 110 cm³/mol. The minimum atomic E-state index is -0.842. The van der Waals surface area contributed by atoms with E-state index >= 15 is 0 Å². The number of hydrogen-bond donors (Lipinski definition) is 2. The summed E-state index contributed by atoms with van der Waals surface area (Å²) in [5.41, 5.74) is 6.06. The number of amides is 1. The maximum Gasteiger partial charge on any atom is 0.266 e. The minimum Gasteiger partial charge on any atom is -0.539 e. The van der Waals surface area contributed by atoms with Gasteiger partial charge in [0.05, 0.1) is 21.6 Å². The molecule has 1 aromatic carbocycles. The third-order valence-electron chi connectivity index (χ3n) is 4.18. The van der Waals surface area contributed by atoms with Crippen molar-refractivity contribution in [1.29, 1.82) is 10.5 Å². The van der Waals surface area contributed by atoms with E-state index in [-0.39, 0.29) is 39.1 Å². The van der Waals surface area contributed by atoms with Gasteiger partial charge >= 0.3 is 0 Å². The predicted octanol–water partition coefficient (Wildman–Crippen LogP) is 1.73. The fourth-order valence-corrected chi connectivity index (χ4v) is 3.74. The van der Waals surface area contributed by atoms with Crippen LogP contribution in [0.2, 0.25) is 5.02 Å². The lowest BCUT2D eigenvalue weighted by Gasteiger charge is -2.15. The van der Waals surface area contributed by atoms with Crippen LogP contribution in [-0.4, -0.2) is 21.4 Å². The maximum atomic E-state index is 12.6. The van der Waals surface area contributed by atoms with E-state index in [1.807, 2.05) is 12.1 Å². The quantitative estimate of drug-likeness (QED) is 0.429. The molecule has 0 saturated heterocycles. The largest absolute Gasteiger partial charge is 0.539 e. The number of halogens is 1. The molecule has 12 heteroatoms. The third kappa shape index (κ3) is 4.38. The second kappa shape index (κ2) is 8.92. The monoisotopic (exact) mass is 455 g/mol. The van der Waals surface area contributed by atoms with Crippen LogP contribution in [0.15, 0.2) is 33.8 Å². The summed E-state index contributed by atoms with van der Waals surface area (Å²) in [6.45, 7) is 1.62. The first-order valence-corrected chi connectivity index (χ1v) is 9.92. The SMILES string of the molecule is CC(Sc1nc(N)c(C#N)c(-c2c([O-])on[n+]2C)c1C#N)C(=O)Nc1ccc(Cl)cc1. The number of pyridine rings is 1. The maximum absolute atomic E-state index is 12.6. The Bertz CT molecular complexity index is 1230. The molecule has 156 valence electrons. The summed E-state index contributed by atoms with van der Waals surface area (Å²) in [4.78, 5) is 16.7. The molecule has 3 N–H and O–H groups in total. The summed E-state index contributed by atoms with van der Waals surface area (Å²) in [5, 5.41) is 37.6. The van der Waals surface area contributed by atoms with Crippen molar-refractivity contribution in [2.24, 2.45) is 7.05 Å². The summed E-state index contributed by atoms with van der Waals surface area (Å²) < 4.78 is 5.72. The molecular weight excluding hydrogens is 442 g/mol. The number of carbonyl (C=O) groups excluding carboxylic acids is 1. The van der Waals surface area contributed by atoms with Crippen LogP contribution in [0, 0.1) is 22.7 Å². The molecule has 0 spiro atoms. The zero-order valence-electron chi connectivity index (χ0n) is 16.2. The van der Waals surface area contributed by atoms with E-state index in [1.165, 1.54) is 7.05 Å². The number of carbonyl (C=O) groups is 1. The van der Waals surface area contributed by atoms with E-state index < -0.39 is 11.2 Å². The Balaban J connectivity index is 2.00. The van der Waals surface area contributed by atoms with Crippen molar-refractivity contribution in [1.82, 2.24) is 10.3 Å². The number of nitrogens with zero attached hydrogens (tertiary/aromatic N) is 5. The van der Waals surface area contributed by atoms with Crippen LogP contribution in [0.3, 0.4) is 0 Å². The van der Waals surface area contributed by atoms with Crippen molar-refractivity contribution in [3.63, 3.8) is 0 Å². The number of nitrogen functional groups attached to an aromatic ring is 1. The Hall–Kier alpha value is -3.80. The highest BCUT2D eigenvalue weighted by Crippen LogP contribution is 2.38. The molecule has 3 aromatic rings. The van der Waals surface area contributed by atoms with Crippen LogP contribution in [-0.2, 0) is 11.8 Å². The molecule has 0 bridgehead atoms. The van der Waals surface area contributed by atoms with Gasteiger partial charge in [0.2, 0.25) is 5.91 Å². The zero-order chi connectivity index (χ0) is 22.7. The fraction of sp³-hybridized carbons (Fsp3) is 0.158. The molecule has 0 aliphatic rings. The van der Waals surface area contributed by atoms with E-state index in [0.717, 1.165) is 16.4 Å². The Labute approximate surface area is 185 Å². The van der Waals surface area contributed by atoms with Gasteiger partial charge in [-0.15, -0.1) is 0 Å². The second-order valence-corrected chi connectivity index (χ2v) is 8.01. The molecule has 10 nitrogen and oxygen atoms in total. The fourth-order valence-electron chi connectivity index (χ4n) is 2.70. The molecule has 1 unspecified atom stereocenters. The Morgan fingerprint density at radius 3 is 2.52 bits per heavy atom. The number of nitriles is 2. The summed E-state index contributed by atoms with van der Waals surface area (Å²) >= 11 is 6.80. The number of nitrogens with two attached hydrogens (primary N) is 1. The number of anilines is 2. The Morgan fingerprint density at radius 2 is 1.97 bits per heavy atom. The lowest BCUT2D eigenvalue weighted by Crippen LogP contribution is -2.32. The first-order chi connectivity index (χ1) is 14.8. The molecule has 0 aliphatic heterocycles. The Kier molecular flexibility index (Phi) is 6.30. The van der Waals surface area contributed by atoms with Crippen LogP contribution in [0.25, 0.3) is 11.3 Å². The zero-order valence-corrected chi connectivity index (χ0v) is 17.8. The molecule has 31 heavy (non-hydrogen) atoms. The lowest BCUT2D eigenvalue weighted by molar-refractivity contribution is -0.730. The average Bonchev–Trinajstić information content (AvgIpc) is 3.07. The smallest absolute Gasteiger partial charge is 0.266 e. The van der Waals surface area contributed by atoms with Gasteiger partial charge in [-0.3, -0.25) is 4.79 Å². The van der Waals surface area contributed by atoms with Gasteiger partial charge in [-0.25, -0.2) is 4.98 Å². The molecular formula is C19H14ClN7O3S. The molecule has 0 radical (unpaired) electrons. The number of thioether (sulfide) groups is 1. The lowest BCUT2D eigenvalue weighted by atomic mass is 10.0. The van der Waals surface area contributed by atoms with Gasteiger partial charge < -0.3 is 20.7 Å². The molecule has 0 saturated carbocycles. The van der Waals surface area contributed by atoms with Gasteiger partial charge in [-0.2, -0.15) is 10.5 Å². The van der Waals surface area contributed by atoms with Crippen LogP contribution in [0.1, 0.15) is 18.1 Å². The third-order valence-corrected chi connectivity index (χ3v) is 5.52. The average molecular weight is 456 g/mol. The van der Waals surface area contributed by atoms with Crippen molar-refractivity contribution in [3.8, 4) is 29.3 Å². The number of aryl methyl sites for hydroxylation is 1. The molecule has 2 aromatic heterocycles. The van der Waals surface area contributed by atoms with Gasteiger partial charge in [0.1, 0.15) is 28.5 Å². The van der Waals surface area contributed by atoms with Crippen LogP contribution in [0.5, 0.6) is 5.95 Å². The summed E-state index contributed by atoms with van der Waals surface area (Å²) in [6, 6.07) is 10.4. The minimum absolute atomic E-state index is 0.0425. The van der Waals surface area contributed by atoms with Crippen molar-refractivity contribution in [2.75, 3.05) is 11.1 Å². The van der Waals surface area contributed by atoms with Crippen molar-refractivity contribution >= 4 is 40.8 Å². The van der Waals surface area contributed by atoms with Gasteiger partial charge in [-0.1, -0.05) is 28.0 Å². The molecule has 2 heterocycles. The summed E-state index contributed by atoms with van der Waals surface area (Å²) in [6.07, 6.45) is 0. The van der Waals surface area contributed by atoms with Crippen LogP contribution in [0.4, 0.5) is 11.5 Å². The standard InChI is InChI=1S/C19H14ClN7O3S/c1-9(17(28)24-11-5-3-10(20)4-6-11)31-18-13(8-22)14(12(7-21)16(23)25-18)15-19(29)30-26-27(15)2/h3-6,9H,1-2H3,(H3-,23,24,25,26,28,29). The first kappa shape index (κ1) is 21.9. The van der Waals surface area contributed by atoms with Gasteiger partial charge in [0, 0.05) is 10.7 Å². The van der Waals surface area contributed by atoms with Crippen molar-refractivity contribution < 1.29 is 19.1 Å². The number of benzene rings is 1. The Morgan fingerprint density at radius 1 is 1.32 bits per heavy atom. The topological polar surface area (TPSA) is 169 Å². The van der Waals surface area contributed by atoms with E-state index in [1.54, 1.807) is 31.2 Å². The van der Waals surface area contributed by atoms with E-state index in [9.17, 15) is 20.4 Å². The highest BCUT2D eigenvalue weighted by Gasteiger charge is 2.30. The van der Waals surface area contributed by atoms with Crippen LogP contribution < -0.4 is 20.8 Å². The van der Waals surface area contributed by atoms with Crippen molar-refractivity contribution in [3.05, 3.63) is 40.4 Å². The van der Waals surface area contributed by atoms with Gasteiger partial charge in [0.25, 0.3) is 5.69 Å². The molecule has 1 atom stereocenters. The number of rotatable bonds is 5. The van der Waals surface area contributed by atoms with Gasteiger partial charge in [0.15, 0.2) is 13.0 Å². The highest BCUT2D eigenvalue weighted by molar-refractivity contribution is 8.00. The molecule has 0 aliphatic carbocycles. The van der Waals surface area contributed by atoms with Gasteiger partial charge in [-0.05, 0) is 31.2 Å². The van der Waals surface area contributed by atoms with E-state index in [4.69, 9.17) is 17.3 Å². The number of aromatic nitrogens is 3. The van der Waals surface area contributed by atoms with E-state index in [0.29, 0.717) is 10.7 Å². The molecule has 0 fully saturated rings. The second-order valence-electron chi connectivity index (χ2n) is 6.24. The molecule has 1 amide bonds. The highest BCUT2D eigenvalue weighted by atomic mass is 35.5. The normalized spacial score (nSPS) is 11.4. The number of nitrogens with one attached hydrogen (secondary N) is 1. The summed E-state index contributed by atoms with van der Waals surface area (Å²) in [5.74, 6) is -1.39. The van der Waals surface area contributed by atoms with Crippen molar-refractivity contribution in [2.45, 2.75) is 17.2 Å². The number of hydrogen-bond acceptors (Lipinski definition) is 9. The molecule has 3 rings (SSSR count). The first-order valence-electron chi connectivity index (χ1n) is 8.67. The van der Waals surface area contributed by atoms with Crippen LogP contribution >= 0.6 is 23.4 Å². The van der Waals surface area contributed by atoms with E-state index in [2.05, 4.69) is 20.1 Å². The summed E-state index contributed by atoms with van der Waals surface area (Å²) in [7, 11) is 1.42.